The van der Waals surface area contributed by atoms with Crippen molar-refractivity contribution < 1.29 is 14.3 Å². The zero-order chi connectivity index (χ0) is 13.7. The van der Waals surface area contributed by atoms with Crippen LogP contribution in [0.15, 0.2) is 22.8 Å². The van der Waals surface area contributed by atoms with Crippen molar-refractivity contribution in [1.29, 1.82) is 0 Å². The van der Waals surface area contributed by atoms with Gasteiger partial charge in [-0.25, -0.2) is 0 Å². The van der Waals surface area contributed by atoms with Crippen LogP contribution in [-0.4, -0.2) is 28.5 Å². The SMILES string of the molecule is CCCCC(=O)N1CCCC1CC(O)c1ccco1. The number of rotatable bonds is 6. The van der Waals surface area contributed by atoms with E-state index in [1.165, 1.54) is 0 Å². The first-order valence-electron chi connectivity index (χ1n) is 7.23. The lowest BCUT2D eigenvalue weighted by Crippen LogP contribution is -2.36. The Bertz CT molecular complexity index is 388. The minimum atomic E-state index is -0.612. The number of furan rings is 1. The van der Waals surface area contributed by atoms with Gasteiger partial charge in [-0.05, 0) is 31.4 Å². The van der Waals surface area contributed by atoms with E-state index in [1.54, 1.807) is 18.4 Å². The Hall–Kier alpha value is -1.29. The highest BCUT2D eigenvalue weighted by molar-refractivity contribution is 5.76. The summed E-state index contributed by atoms with van der Waals surface area (Å²) < 4.78 is 5.21. The van der Waals surface area contributed by atoms with E-state index >= 15 is 0 Å². The molecule has 0 spiro atoms. The molecule has 106 valence electrons. The maximum atomic E-state index is 12.1. The molecule has 0 aromatic carbocycles. The van der Waals surface area contributed by atoms with E-state index in [4.69, 9.17) is 4.42 Å². The summed E-state index contributed by atoms with van der Waals surface area (Å²) in [5.74, 6) is 0.823. The van der Waals surface area contributed by atoms with E-state index in [0.717, 1.165) is 32.2 Å². The number of aliphatic hydroxyl groups excluding tert-OH is 1. The van der Waals surface area contributed by atoms with Gasteiger partial charge in [0, 0.05) is 25.4 Å². The molecule has 0 bridgehead atoms. The van der Waals surface area contributed by atoms with Crippen molar-refractivity contribution in [2.45, 2.75) is 57.6 Å². The van der Waals surface area contributed by atoms with Crippen LogP contribution in [0.25, 0.3) is 0 Å². The molecule has 2 rings (SSSR count). The lowest BCUT2D eigenvalue weighted by molar-refractivity contribution is -0.132. The summed E-state index contributed by atoms with van der Waals surface area (Å²) >= 11 is 0. The maximum absolute atomic E-state index is 12.1. The molecule has 19 heavy (non-hydrogen) atoms. The molecule has 1 fully saturated rings. The summed E-state index contributed by atoms with van der Waals surface area (Å²) in [6, 6.07) is 3.71. The van der Waals surface area contributed by atoms with Crippen LogP contribution >= 0.6 is 0 Å². The van der Waals surface area contributed by atoms with Crippen LogP contribution in [0, 0.1) is 0 Å². The molecule has 1 aliphatic heterocycles. The number of likely N-dealkylation sites (tertiary alicyclic amines) is 1. The van der Waals surface area contributed by atoms with Gasteiger partial charge >= 0.3 is 0 Å². The second kappa shape index (κ2) is 6.75. The Balaban J connectivity index is 1.90. The Morgan fingerprint density at radius 2 is 2.47 bits per heavy atom. The molecule has 4 heteroatoms. The van der Waals surface area contributed by atoms with Gasteiger partial charge in [0.25, 0.3) is 0 Å². The fourth-order valence-electron chi connectivity index (χ4n) is 2.74. The number of carbonyl (C=O) groups is 1. The molecule has 2 atom stereocenters. The van der Waals surface area contributed by atoms with Crippen molar-refractivity contribution in [3.8, 4) is 0 Å². The Morgan fingerprint density at radius 1 is 1.63 bits per heavy atom. The first-order chi connectivity index (χ1) is 9.22. The number of amides is 1. The number of carbonyl (C=O) groups excluding carboxylic acids is 1. The molecule has 0 saturated carbocycles. The molecule has 1 saturated heterocycles. The van der Waals surface area contributed by atoms with Gasteiger partial charge in [-0.2, -0.15) is 0 Å². The molecule has 1 aromatic rings. The summed E-state index contributed by atoms with van der Waals surface area (Å²) in [6.45, 7) is 2.92. The lowest BCUT2D eigenvalue weighted by atomic mass is 10.0. The van der Waals surface area contributed by atoms with Gasteiger partial charge in [0.15, 0.2) is 0 Å². The van der Waals surface area contributed by atoms with E-state index < -0.39 is 6.10 Å². The van der Waals surface area contributed by atoms with E-state index in [2.05, 4.69) is 6.92 Å². The highest BCUT2D eigenvalue weighted by atomic mass is 16.4. The van der Waals surface area contributed by atoms with Crippen LogP contribution < -0.4 is 0 Å². The second-order valence-corrected chi connectivity index (χ2v) is 5.25. The number of nitrogens with zero attached hydrogens (tertiary/aromatic N) is 1. The summed E-state index contributed by atoms with van der Waals surface area (Å²) in [7, 11) is 0. The number of unbranched alkanes of at least 4 members (excludes halogenated alkanes) is 1. The highest BCUT2D eigenvalue weighted by Crippen LogP contribution is 2.28. The summed E-state index contributed by atoms with van der Waals surface area (Å²) in [6.07, 6.45) is 6.16. The number of hydrogen-bond acceptors (Lipinski definition) is 3. The third-order valence-electron chi connectivity index (χ3n) is 3.81. The van der Waals surface area contributed by atoms with Gasteiger partial charge in [-0.15, -0.1) is 0 Å². The lowest BCUT2D eigenvalue weighted by Gasteiger charge is -2.26. The average molecular weight is 265 g/mol. The minimum absolute atomic E-state index is 0.157. The van der Waals surface area contributed by atoms with E-state index in [-0.39, 0.29) is 11.9 Å². The molecule has 2 heterocycles. The van der Waals surface area contributed by atoms with Crippen molar-refractivity contribution in [2.75, 3.05) is 6.54 Å². The molecule has 0 aliphatic carbocycles. The van der Waals surface area contributed by atoms with Crippen molar-refractivity contribution in [1.82, 2.24) is 4.90 Å². The Morgan fingerprint density at radius 3 is 3.16 bits per heavy atom. The molecule has 1 aliphatic rings. The van der Waals surface area contributed by atoms with Crippen molar-refractivity contribution in [3.05, 3.63) is 24.2 Å². The van der Waals surface area contributed by atoms with Crippen LogP contribution in [-0.2, 0) is 4.79 Å². The maximum Gasteiger partial charge on any atom is 0.222 e. The predicted molar refractivity (Wildman–Crippen MR) is 72.5 cm³/mol. The zero-order valence-corrected chi connectivity index (χ0v) is 11.5. The summed E-state index contributed by atoms with van der Waals surface area (Å²) in [4.78, 5) is 14.0. The molecular weight excluding hydrogens is 242 g/mol. The Kier molecular flexibility index (Phi) is 5.02. The van der Waals surface area contributed by atoms with E-state index in [1.807, 2.05) is 4.90 Å². The molecule has 1 N–H and O–H groups in total. The van der Waals surface area contributed by atoms with Crippen LogP contribution in [0.4, 0.5) is 0 Å². The van der Waals surface area contributed by atoms with Crippen molar-refractivity contribution >= 4 is 5.91 Å². The van der Waals surface area contributed by atoms with E-state index in [0.29, 0.717) is 18.6 Å². The smallest absolute Gasteiger partial charge is 0.222 e. The molecular formula is C15H23NO3. The first-order valence-corrected chi connectivity index (χ1v) is 7.23. The molecule has 2 unspecified atom stereocenters. The standard InChI is InChI=1S/C15H23NO3/c1-2-3-8-15(18)16-9-4-6-12(16)11-13(17)14-7-5-10-19-14/h5,7,10,12-13,17H,2-4,6,8-9,11H2,1H3. The second-order valence-electron chi connectivity index (χ2n) is 5.25. The topological polar surface area (TPSA) is 53.7 Å². The Labute approximate surface area is 114 Å². The van der Waals surface area contributed by atoms with Crippen LogP contribution in [0.3, 0.4) is 0 Å². The fourth-order valence-corrected chi connectivity index (χ4v) is 2.74. The van der Waals surface area contributed by atoms with Crippen LogP contribution in [0.2, 0.25) is 0 Å². The van der Waals surface area contributed by atoms with E-state index in [9.17, 15) is 9.90 Å². The van der Waals surface area contributed by atoms with Gasteiger partial charge in [-0.1, -0.05) is 13.3 Å². The van der Waals surface area contributed by atoms with Gasteiger partial charge in [-0.3, -0.25) is 4.79 Å². The first kappa shape index (κ1) is 14.1. The fraction of sp³-hybridized carbons (Fsp3) is 0.667. The normalized spacial score (nSPS) is 20.7. The minimum Gasteiger partial charge on any atom is -0.467 e. The number of hydrogen-bond donors (Lipinski definition) is 1. The third kappa shape index (κ3) is 3.60. The summed E-state index contributed by atoms with van der Waals surface area (Å²) in [5, 5.41) is 10.1. The molecule has 4 nitrogen and oxygen atoms in total. The highest BCUT2D eigenvalue weighted by Gasteiger charge is 2.30. The van der Waals surface area contributed by atoms with Crippen LogP contribution in [0.1, 0.15) is 57.3 Å². The molecule has 1 aromatic heterocycles. The van der Waals surface area contributed by atoms with Gasteiger partial charge in [0.2, 0.25) is 5.91 Å². The quantitative estimate of drug-likeness (QED) is 0.860. The molecule has 0 radical (unpaired) electrons. The molecule has 1 amide bonds. The van der Waals surface area contributed by atoms with Gasteiger partial charge in [0.1, 0.15) is 11.9 Å². The van der Waals surface area contributed by atoms with Crippen molar-refractivity contribution in [3.63, 3.8) is 0 Å². The predicted octanol–water partition coefficient (Wildman–Crippen LogP) is 2.88. The van der Waals surface area contributed by atoms with Crippen molar-refractivity contribution in [2.24, 2.45) is 0 Å². The monoisotopic (exact) mass is 265 g/mol. The zero-order valence-electron chi connectivity index (χ0n) is 11.5. The largest absolute Gasteiger partial charge is 0.467 e. The van der Waals surface area contributed by atoms with Gasteiger partial charge in [0.05, 0.1) is 6.26 Å². The third-order valence-corrected chi connectivity index (χ3v) is 3.81. The average Bonchev–Trinajstić information content (AvgIpc) is 3.06. The van der Waals surface area contributed by atoms with Crippen LogP contribution in [0.5, 0.6) is 0 Å². The number of aliphatic hydroxyl groups is 1. The van der Waals surface area contributed by atoms with Gasteiger partial charge < -0.3 is 14.4 Å². The summed E-state index contributed by atoms with van der Waals surface area (Å²) in [5.41, 5.74) is 0.